The second-order valence-corrected chi connectivity index (χ2v) is 6.04. The first kappa shape index (κ1) is 15.8. The molecule has 0 aromatic heterocycles. The predicted octanol–water partition coefficient (Wildman–Crippen LogP) is 4.20. The van der Waals surface area contributed by atoms with Gasteiger partial charge < -0.3 is 14.8 Å². The van der Waals surface area contributed by atoms with Crippen LogP contribution in [0.4, 0.5) is 0 Å². The van der Waals surface area contributed by atoms with Crippen molar-refractivity contribution in [3.8, 4) is 0 Å². The molecule has 2 aromatic rings. The maximum Gasteiger partial charge on any atom is 0.177 e. The maximum atomic E-state index is 6.01. The molecule has 2 atom stereocenters. The quantitative estimate of drug-likeness (QED) is 0.906. The van der Waals surface area contributed by atoms with E-state index in [1.165, 1.54) is 0 Å². The first-order valence-corrected chi connectivity index (χ1v) is 7.94. The van der Waals surface area contributed by atoms with Gasteiger partial charge in [-0.15, -0.1) is 0 Å². The van der Waals surface area contributed by atoms with Gasteiger partial charge in [-0.1, -0.05) is 53.5 Å². The molecule has 1 aliphatic heterocycles. The SMILES string of the molecule is Clc1cc(Cl)cc(CO[C@H]2OCCN[C@H]2c2ccccc2)c1. The van der Waals surface area contributed by atoms with E-state index < -0.39 is 0 Å². The number of ether oxygens (including phenoxy) is 2. The van der Waals surface area contributed by atoms with E-state index in [1.54, 1.807) is 6.07 Å². The van der Waals surface area contributed by atoms with Gasteiger partial charge in [-0.3, -0.25) is 0 Å². The van der Waals surface area contributed by atoms with Gasteiger partial charge in [0.05, 0.1) is 19.3 Å². The fourth-order valence-electron chi connectivity index (χ4n) is 2.53. The summed E-state index contributed by atoms with van der Waals surface area (Å²) >= 11 is 12.0. The largest absolute Gasteiger partial charge is 0.349 e. The van der Waals surface area contributed by atoms with Crippen LogP contribution in [0.15, 0.2) is 48.5 Å². The fraction of sp³-hybridized carbons (Fsp3) is 0.294. The van der Waals surface area contributed by atoms with Crippen molar-refractivity contribution in [2.45, 2.75) is 18.9 Å². The van der Waals surface area contributed by atoms with Crippen molar-refractivity contribution >= 4 is 23.2 Å². The standard InChI is InChI=1S/C17H17Cl2NO2/c18-14-8-12(9-15(19)10-14)11-22-17-16(20-6-7-21-17)13-4-2-1-3-5-13/h1-5,8-10,16-17,20H,6-7,11H2/t16-,17+/m0/s1. The lowest BCUT2D eigenvalue weighted by Gasteiger charge is -2.33. The average molecular weight is 338 g/mol. The second kappa shape index (κ2) is 7.44. The summed E-state index contributed by atoms with van der Waals surface area (Å²) in [5.74, 6) is 0. The molecule has 0 saturated carbocycles. The van der Waals surface area contributed by atoms with Crippen LogP contribution in [0.1, 0.15) is 17.2 Å². The van der Waals surface area contributed by atoms with Crippen LogP contribution in [0.25, 0.3) is 0 Å². The van der Waals surface area contributed by atoms with Crippen LogP contribution in [0, 0.1) is 0 Å². The maximum absolute atomic E-state index is 6.01. The van der Waals surface area contributed by atoms with E-state index in [0.29, 0.717) is 23.3 Å². The van der Waals surface area contributed by atoms with Crippen molar-refractivity contribution in [2.75, 3.05) is 13.2 Å². The van der Waals surface area contributed by atoms with Gasteiger partial charge >= 0.3 is 0 Å². The van der Waals surface area contributed by atoms with Crippen molar-refractivity contribution in [1.29, 1.82) is 0 Å². The van der Waals surface area contributed by atoms with Gasteiger partial charge in [0.25, 0.3) is 0 Å². The molecule has 5 heteroatoms. The van der Waals surface area contributed by atoms with E-state index in [9.17, 15) is 0 Å². The Morgan fingerprint density at radius 2 is 1.82 bits per heavy atom. The van der Waals surface area contributed by atoms with Crippen molar-refractivity contribution < 1.29 is 9.47 Å². The van der Waals surface area contributed by atoms with Crippen molar-refractivity contribution in [1.82, 2.24) is 5.32 Å². The van der Waals surface area contributed by atoms with Gasteiger partial charge in [0, 0.05) is 16.6 Å². The smallest absolute Gasteiger partial charge is 0.177 e. The number of nitrogens with one attached hydrogen (secondary N) is 1. The van der Waals surface area contributed by atoms with Crippen LogP contribution in [0.5, 0.6) is 0 Å². The average Bonchev–Trinajstić information content (AvgIpc) is 2.53. The molecule has 3 nitrogen and oxygen atoms in total. The Morgan fingerprint density at radius 3 is 2.55 bits per heavy atom. The van der Waals surface area contributed by atoms with Crippen LogP contribution in [-0.4, -0.2) is 19.4 Å². The van der Waals surface area contributed by atoms with Gasteiger partial charge in [-0.2, -0.15) is 0 Å². The molecule has 0 radical (unpaired) electrons. The van der Waals surface area contributed by atoms with Crippen LogP contribution < -0.4 is 5.32 Å². The molecule has 1 aliphatic rings. The Bertz CT molecular complexity index is 601. The summed E-state index contributed by atoms with van der Waals surface area (Å²) in [5, 5.41) is 4.65. The molecule has 1 saturated heterocycles. The van der Waals surface area contributed by atoms with Crippen LogP contribution in [0.3, 0.4) is 0 Å². The van der Waals surface area contributed by atoms with E-state index in [0.717, 1.165) is 17.7 Å². The number of rotatable bonds is 4. The predicted molar refractivity (Wildman–Crippen MR) is 88.2 cm³/mol. The highest BCUT2D eigenvalue weighted by atomic mass is 35.5. The fourth-order valence-corrected chi connectivity index (χ4v) is 3.11. The molecule has 1 heterocycles. The minimum atomic E-state index is -0.339. The number of hydrogen-bond acceptors (Lipinski definition) is 3. The first-order valence-electron chi connectivity index (χ1n) is 7.19. The van der Waals surface area contributed by atoms with E-state index in [4.69, 9.17) is 32.7 Å². The minimum Gasteiger partial charge on any atom is -0.349 e. The highest BCUT2D eigenvalue weighted by molar-refractivity contribution is 6.34. The Labute approximate surface area is 140 Å². The molecule has 2 aromatic carbocycles. The zero-order valence-corrected chi connectivity index (χ0v) is 13.5. The summed E-state index contributed by atoms with van der Waals surface area (Å²) in [6, 6.07) is 15.6. The first-order chi connectivity index (χ1) is 10.7. The van der Waals surface area contributed by atoms with Gasteiger partial charge in [0.1, 0.15) is 0 Å². The molecule has 0 aliphatic carbocycles. The molecule has 0 unspecified atom stereocenters. The van der Waals surface area contributed by atoms with Crippen LogP contribution in [0.2, 0.25) is 10.0 Å². The number of morpholine rings is 1. The van der Waals surface area contributed by atoms with Gasteiger partial charge in [-0.25, -0.2) is 0 Å². The molecule has 1 N–H and O–H groups in total. The van der Waals surface area contributed by atoms with Crippen LogP contribution >= 0.6 is 23.2 Å². The molecule has 22 heavy (non-hydrogen) atoms. The second-order valence-electron chi connectivity index (χ2n) is 5.17. The van der Waals surface area contributed by atoms with Gasteiger partial charge in [0.2, 0.25) is 0 Å². The summed E-state index contributed by atoms with van der Waals surface area (Å²) in [6.45, 7) is 1.84. The van der Waals surface area contributed by atoms with Crippen molar-refractivity contribution in [2.24, 2.45) is 0 Å². The normalized spacial score (nSPS) is 21.7. The Balaban J connectivity index is 1.69. The summed E-state index contributed by atoms with van der Waals surface area (Å²) in [6.07, 6.45) is -0.339. The molecular weight excluding hydrogens is 321 g/mol. The number of benzene rings is 2. The zero-order chi connectivity index (χ0) is 15.4. The minimum absolute atomic E-state index is 0.0182. The summed E-state index contributed by atoms with van der Waals surface area (Å²) in [7, 11) is 0. The lowest BCUT2D eigenvalue weighted by molar-refractivity contribution is -0.183. The summed E-state index contributed by atoms with van der Waals surface area (Å²) < 4.78 is 11.7. The highest BCUT2D eigenvalue weighted by Gasteiger charge is 2.27. The lowest BCUT2D eigenvalue weighted by atomic mass is 10.1. The zero-order valence-electron chi connectivity index (χ0n) is 12.0. The van der Waals surface area contributed by atoms with E-state index in [1.807, 2.05) is 30.3 Å². The van der Waals surface area contributed by atoms with Crippen LogP contribution in [-0.2, 0) is 16.1 Å². The molecule has 0 amide bonds. The molecule has 1 fully saturated rings. The molecule has 0 bridgehead atoms. The molecule has 3 rings (SSSR count). The van der Waals surface area contributed by atoms with Gasteiger partial charge in [0.15, 0.2) is 6.29 Å². The summed E-state index contributed by atoms with van der Waals surface area (Å²) in [5.41, 5.74) is 2.08. The van der Waals surface area contributed by atoms with Crippen molar-refractivity contribution in [3.05, 3.63) is 69.7 Å². The van der Waals surface area contributed by atoms with E-state index in [2.05, 4.69) is 17.4 Å². The molecular formula is C17H17Cl2NO2. The topological polar surface area (TPSA) is 30.5 Å². The monoisotopic (exact) mass is 337 g/mol. The van der Waals surface area contributed by atoms with Crippen molar-refractivity contribution in [3.63, 3.8) is 0 Å². The number of halogens is 2. The molecule has 116 valence electrons. The Hall–Kier alpha value is -1.10. The van der Waals surface area contributed by atoms with Gasteiger partial charge in [-0.05, 0) is 29.3 Å². The third-order valence-corrected chi connectivity index (χ3v) is 3.95. The number of hydrogen-bond donors (Lipinski definition) is 1. The highest BCUT2D eigenvalue weighted by Crippen LogP contribution is 2.25. The molecule has 0 spiro atoms. The summed E-state index contributed by atoms with van der Waals surface area (Å²) in [4.78, 5) is 0. The third-order valence-electron chi connectivity index (χ3n) is 3.52. The Kier molecular flexibility index (Phi) is 5.34. The third kappa shape index (κ3) is 4.00. The van der Waals surface area contributed by atoms with E-state index in [-0.39, 0.29) is 12.3 Å². The Morgan fingerprint density at radius 1 is 1.09 bits per heavy atom. The van der Waals surface area contributed by atoms with E-state index >= 15 is 0 Å². The lowest BCUT2D eigenvalue weighted by Crippen LogP contribution is -2.43.